The summed E-state index contributed by atoms with van der Waals surface area (Å²) in [7, 11) is 0. The molecule has 0 amide bonds. The van der Waals surface area contributed by atoms with Gasteiger partial charge >= 0.3 is 5.97 Å². The molecule has 1 rings (SSSR count). The summed E-state index contributed by atoms with van der Waals surface area (Å²) in [6, 6.07) is 1.30. The normalized spacial score (nSPS) is 12.8. The highest BCUT2D eigenvalue weighted by molar-refractivity contribution is 7.12. The van der Waals surface area contributed by atoms with Crippen molar-refractivity contribution < 1.29 is 9.90 Å². The lowest BCUT2D eigenvalue weighted by molar-refractivity contribution is -0.137. The Morgan fingerprint density at radius 1 is 1.85 bits per heavy atom. The molecular formula is C8H10ClNO2S. The molecule has 0 bridgehead atoms. The molecule has 0 saturated heterocycles. The molecule has 1 atom stereocenters. The fraction of sp³-hybridized carbons (Fsp3) is 0.375. The van der Waals surface area contributed by atoms with Gasteiger partial charge in [-0.2, -0.15) is 0 Å². The summed E-state index contributed by atoms with van der Waals surface area (Å²) in [5.41, 5.74) is 5.66. The minimum absolute atomic E-state index is 0.0837. The van der Waals surface area contributed by atoms with Gasteiger partial charge in [0.25, 0.3) is 0 Å². The van der Waals surface area contributed by atoms with Crippen molar-refractivity contribution in [2.45, 2.75) is 19.4 Å². The van der Waals surface area contributed by atoms with Gasteiger partial charge in [0.1, 0.15) is 0 Å². The average Bonchev–Trinajstić information content (AvgIpc) is 2.28. The Bertz CT molecular complexity index is 324. The summed E-state index contributed by atoms with van der Waals surface area (Å²) in [6.45, 7) is 1.91. The van der Waals surface area contributed by atoms with Crippen molar-refractivity contribution in [3.05, 3.63) is 20.8 Å². The number of thiophene rings is 1. The summed E-state index contributed by atoms with van der Waals surface area (Å²) in [5.74, 6) is -0.908. The quantitative estimate of drug-likeness (QED) is 0.819. The molecule has 72 valence electrons. The highest BCUT2D eigenvalue weighted by Gasteiger charge is 2.16. The SMILES string of the molecule is Cc1cc(Cl)c(C(N)CC(=O)O)s1. The van der Waals surface area contributed by atoms with Crippen molar-refractivity contribution in [3.8, 4) is 0 Å². The second-order valence-electron chi connectivity index (χ2n) is 2.77. The fourth-order valence-electron chi connectivity index (χ4n) is 1.03. The molecule has 3 N–H and O–H groups in total. The number of aryl methyl sites for hydroxylation is 1. The van der Waals surface area contributed by atoms with E-state index in [2.05, 4.69) is 0 Å². The van der Waals surface area contributed by atoms with Crippen molar-refractivity contribution >= 4 is 28.9 Å². The van der Waals surface area contributed by atoms with Crippen LogP contribution in [0, 0.1) is 6.92 Å². The number of carboxylic acids is 1. The first-order valence-electron chi connectivity index (χ1n) is 3.74. The zero-order valence-electron chi connectivity index (χ0n) is 7.08. The lowest BCUT2D eigenvalue weighted by Gasteiger charge is -2.05. The van der Waals surface area contributed by atoms with E-state index >= 15 is 0 Å². The molecule has 3 nitrogen and oxygen atoms in total. The van der Waals surface area contributed by atoms with Crippen molar-refractivity contribution in [2.24, 2.45) is 5.73 Å². The van der Waals surface area contributed by atoms with Gasteiger partial charge in [0, 0.05) is 9.75 Å². The van der Waals surface area contributed by atoms with E-state index in [1.54, 1.807) is 6.07 Å². The number of halogens is 1. The van der Waals surface area contributed by atoms with Gasteiger partial charge in [-0.15, -0.1) is 11.3 Å². The molecule has 0 aliphatic heterocycles. The largest absolute Gasteiger partial charge is 0.481 e. The third-order valence-corrected chi connectivity index (χ3v) is 3.17. The zero-order valence-corrected chi connectivity index (χ0v) is 8.65. The van der Waals surface area contributed by atoms with Crippen LogP contribution in [-0.2, 0) is 4.79 Å². The molecule has 1 aromatic rings. The summed E-state index contributed by atoms with van der Waals surface area (Å²) in [6.07, 6.45) is -0.0837. The predicted molar refractivity (Wildman–Crippen MR) is 53.2 cm³/mol. The molecule has 0 fully saturated rings. The van der Waals surface area contributed by atoms with E-state index in [9.17, 15) is 4.79 Å². The first kappa shape index (κ1) is 10.5. The number of carboxylic acid groups (broad SMARTS) is 1. The minimum atomic E-state index is -0.908. The maximum atomic E-state index is 10.4. The second-order valence-corrected chi connectivity index (χ2v) is 4.47. The van der Waals surface area contributed by atoms with E-state index in [-0.39, 0.29) is 6.42 Å². The maximum absolute atomic E-state index is 10.4. The Labute approximate surface area is 85.1 Å². The Morgan fingerprint density at radius 3 is 2.85 bits per heavy atom. The van der Waals surface area contributed by atoms with E-state index in [0.717, 1.165) is 9.75 Å². The number of hydrogen-bond acceptors (Lipinski definition) is 3. The molecule has 0 spiro atoms. The molecule has 0 aliphatic carbocycles. The monoisotopic (exact) mass is 219 g/mol. The van der Waals surface area contributed by atoms with Gasteiger partial charge in [0.05, 0.1) is 17.5 Å². The molecular weight excluding hydrogens is 210 g/mol. The second kappa shape index (κ2) is 4.09. The first-order chi connectivity index (χ1) is 6.00. The van der Waals surface area contributed by atoms with Gasteiger partial charge in [0.2, 0.25) is 0 Å². The fourth-order valence-corrected chi connectivity index (χ4v) is 2.43. The number of aliphatic carboxylic acids is 1. The topological polar surface area (TPSA) is 63.3 Å². The zero-order chi connectivity index (χ0) is 10.0. The van der Waals surface area contributed by atoms with E-state index in [0.29, 0.717) is 5.02 Å². The molecule has 5 heteroatoms. The Balaban J connectivity index is 2.81. The molecule has 1 aromatic heterocycles. The van der Waals surface area contributed by atoms with Crippen LogP contribution in [0.1, 0.15) is 22.2 Å². The molecule has 1 unspecified atom stereocenters. The van der Waals surface area contributed by atoms with Crippen LogP contribution in [0.15, 0.2) is 6.07 Å². The number of rotatable bonds is 3. The van der Waals surface area contributed by atoms with Crippen molar-refractivity contribution in [2.75, 3.05) is 0 Å². The van der Waals surface area contributed by atoms with Crippen LogP contribution >= 0.6 is 22.9 Å². The van der Waals surface area contributed by atoms with Crippen LogP contribution in [0.25, 0.3) is 0 Å². The maximum Gasteiger partial charge on any atom is 0.305 e. The molecule has 13 heavy (non-hydrogen) atoms. The van der Waals surface area contributed by atoms with Gasteiger partial charge < -0.3 is 10.8 Å². The van der Waals surface area contributed by atoms with Gasteiger partial charge in [-0.1, -0.05) is 11.6 Å². The van der Waals surface area contributed by atoms with Crippen LogP contribution < -0.4 is 5.73 Å². The van der Waals surface area contributed by atoms with E-state index < -0.39 is 12.0 Å². The summed E-state index contributed by atoms with van der Waals surface area (Å²) < 4.78 is 0. The molecule has 0 saturated carbocycles. The molecule has 0 aromatic carbocycles. The Kier molecular flexibility index (Phi) is 3.30. The summed E-state index contributed by atoms with van der Waals surface area (Å²) in [5, 5.41) is 9.09. The van der Waals surface area contributed by atoms with Crippen LogP contribution in [0.3, 0.4) is 0 Å². The van der Waals surface area contributed by atoms with E-state index in [1.165, 1.54) is 11.3 Å². The van der Waals surface area contributed by atoms with Crippen molar-refractivity contribution in [1.29, 1.82) is 0 Å². The van der Waals surface area contributed by atoms with Crippen molar-refractivity contribution in [1.82, 2.24) is 0 Å². The minimum Gasteiger partial charge on any atom is -0.481 e. The van der Waals surface area contributed by atoms with Crippen LogP contribution in [0.4, 0.5) is 0 Å². The summed E-state index contributed by atoms with van der Waals surface area (Å²) >= 11 is 7.31. The third kappa shape index (κ3) is 2.69. The standard InChI is InChI=1S/C8H10ClNO2S/c1-4-2-5(9)8(13-4)6(10)3-7(11)12/h2,6H,3,10H2,1H3,(H,11,12). The van der Waals surface area contributed by atoms with Gasteiger partial charge in [0.15, 0.2) is 0 Å². The van der Waals surface area contributed by atoms with Crippen LogP contribution in [0.5, 0.6) is 0 Å². The molecule has 0 radical (unpaired) electrons. The highest BCUT2D eigenvalue weighted by atomic mass is 35.5. The highest BCUT2D eigenvalue weighted by Crippen LogP contribution is 2.31. The first-order valence-corrected chi connectivity index (χ1v) is 4.93. The number of hydrogen-bond donors (Lipinski definition) is 2. The van der Waals surface area contributed by atoms with Gasteiger partial charge in [-0.3, -0.25) is 4.79 Å². The Hall–Kier alpha value is -0.580. The predicted octanol–water partition coefficient (Wildman–Crippen LogP) is 2.18. The lowest BCUT2D eigenvalue weighted by atomic mass is 10.2. The Morgan fingerprint density at radius 2 is 2.46 bits per heavy atom. The van der Waals surface area contributed by atoms with Gasteiger partial charge in [-0.25, -0.2) is 0 Å². The number of nitrogens with two attached hydrogens (primary N) is 1. The smallest absolute Gasteiger partial charge is 0.305 e. The summed E-state index contributed by atoms with van der Waals surface area (Å²) in [4.78, 5) is 12.2. The van der Waals surface area contributed by atoms with Crippen LogP contribution in [-0.4, -0.2) is 11.1 Å². The van der Waals surface area contributed by atoms with Crippen LogP contribution in [0.2, 0.25) is 5.02 Å². The molecule has 0 aliphatic rings. The van der Waals surface area contributed by atoms with Gasteiger partial charge in [-0.05, 0) is 13.0 Å². The van der Waals surface area contributed by atoms with E-state index in [4.69, 9.17) is 22.4 Å². The lowest BCUT2D eigenvalue weighted by Crippen LogP contribution is -2.13. The third-order valence-electron chi connectivity index (χ3n) is 1.57. The average molecular weight is 220 g/mol. The van der Waals surface area contributed by atoms with E-state index in [1.807, 2.05) is 6.92 Å². The number of carbonyl (C=O) groups is 1. The molecule has 1 heterocycles. The van der Waals surface area contributed by atoms with Crippen molar-refractivity contribution in [3.63, 3.8) is 0 Å².